The first-order valence-corrected chi connectivity index (χ1v) is 3.57. The van der Waals surface area contributed by atoms with E-state index in [0.29, 0.717) is 0 Å². The molecule has 1 aliphatic rings. The Morgan fingerprint density at radius 3 is 3.09 bits per heavy atom. The van der Waals surface area contributed by atoms with Crippen LogP contribution in [0.4, 0.5) is 4.39 Å². The average molecular weight is 149 g/mol. The van der Waals surface area contributed by atoms with Crippen molar-refractivity contribution in [2.45, 2.75) is 6.92 Å². The van der Waals surface area contributed by atoms with E-state index in [-0.39, 0.29) is 5.82 Å². The maximum Gasteiger partial charge on any atom is 0.123 e. The fraction of sp³-hybridized carbons (Fsp3) is 0.222. The highest BCUT2D eigenvalue weighted by Gasteiger charge is 2.01. The first kappa shape index (κ1) is 6.53. The highest BCUT2D eigenvalue weighted by atomic mass is 19.1. The van der Waals surface area contributed by atoms with Gasteiger partial charge in [0.05, 0.1) is 11.9 Å². The highest BCUT2D eigenvalue weighted by Crippen LogP contribution is 1.96. The summed E-state index contributed by atoms with van der Waals surface area (Å²) < 4.78 is 12.7. The Kier molecular flexibility index (Phi) is 1.28. The molecule has 0 atom stereocenters. The van der Waals surface area contributed by atoms with Gasteiger partial charge in [-0.25, -0.2) is 4.39 Å². The Morgan fingerprint density at radius 1 is 1.45 bits per heavy atom. The summed E-state index contributed by atoms with van der Waals surface area (Å²) in [7, 11) is 0. The standard InChI is InChI=1S/C9H8FN/c1-6-5-11-9-3-2-7(10)4-8(6)9/h2-4H,5H2,1H3. The number of halogens is 1. The summed E-state index contributed by atoms with van der Waals surface area (Å²) in [5.74, 6) is -0.180. The van der Waals surface area contributed by atoms with Crippen molar-refractivity contribution in [3.8, 4) is 0 Å². The Labute approximate surface area is 63.9 Å². The van der Waals surface area contributed by atoms with E-state index >= 15 is 0 Å². The van der Waals surface area contributed by atoms with Crippen molar-refractivity contribution in [1.29, 1.82) is 0 Å². The Morgan fingerprint density at radius 2 is 2.27 bits per heavy atom. The zero-order valence-corrected chi connectivity index (χ0v) is 6.26. The van der Waals surface area contributed by atoms with Gasteiger partial charge in [-0.3, -0.25) is 4.99 Å². The summed E-state index contributed by atoms with van der Waals surface area (Å²) in [5.41, 5.74) is 1.15. The van der Waals surface area contributed by atoms with Gasteiger partial charge in [0, 0.05) is 5.22 Å². The molecule has 0 radical (unpaired) electrons. The van der Waals surface area contributed by atoms with E-state index in [9.17, 15) is 4.39 Å². The number of benzene rings is 1. The molecule has 1 heterocycles. The van der Waals surface area contributed by atoms with Crippen molar-refractivity contribution in [3.63, 3.8) is 0 Å². The molecule has 0 N–H and O–H groups in total. The van der Waals surface area contributed by atoms with Gasteiger partial charge in [0.1, 0.15) is 5.82 Å². The maximum absolute atomic E-state index is 12.7. The van der Waals surface area contributed by atoms with Gasteiger partial charge in [0.15, 0.2) is 0 Å². The van der Waals surface area contributed by atoms with Crippen LogP contribution >= 0.6 is 0 Å². The molecule has 0 aliphatic carbocycles. The molecule has 1 aromatic rings. The number of nitrogens with zero attached hydrogens (tertiary/aromatic N) is 1. The molecule has 0 saturated heterocycles. The maximum atomic E-state index is 12.7. The lowest BCUT2D eigenvalue weighted by Gasteiger charge is -1.87. The number of hydrogen-bond acceptors (Lipinski definition) is 1. The zero-order valence-electron chi connectivity index (χ0n) is 6.26. The molecule has 1 nitrogen and oxygen atoms in total. The van der Waals surface area contributed by atoms with Gasteiger partial charge in [-0.1, -0.05) is 0 Å². The molecule has 1 aromatic carbocycles. The second-order valence-electron chi connectivity index (χ2n) is 2.76. The van der Waals surface area contributed by atoms with E-state index in [1.807, 2.05) is 6.92 Å². The van der Waals surface area contributed by atoms with Crippen molar-refractivity contribution in [1.82, 2.24) is 0 Å². The van der Waals surface area contributed by atoms with Gasteiger partial charge >= 0.3 is 0 Å². The zero-order chi connectivity index (χ0) is 7.84. The van der Waals surface area contributed by atoms with Gasteiger partial charge in [0.25, 0.3) is 0 Å². The van der Waals surface area contributed by atoms with E-state index in [4.69, 9.17) is 0 Å². The van der Waals surface area contributed by atoms with Crippen molar-refractivity contribution >= 4 is 5.57 Å². The number of fused-ring (bicyclic) bond motifs is 1. The molecule has 11 heavy (non-hydrogen) atoms. The van der Waals surface area contributed by atoms with Gasteiger partial charge in [-0.2, -0.15) is 0 Å². The van der Waals surface area contributed by atoms with Crippen LogP contribution in [-0.2, 0) is 0 Å². The summed E-state index contributed by atoms with van der Waals surface area (Å²) in [5, 5.41) is 1.88. The molecule has 1 aliphatic heterocycles. The molecule has 0 aromatic heterocycles. The molecule has 0 fully saturated rings. The Hall–Kier alpha value is -1.18. The van der Waals surface area contributed by atoms with Crippen LogP contribution in [0.5, 0.6) is 0 Å². The van der Waals surface area contributed by atoms with Crippen LogP contribution in [0.25, 0.3) is 5.57 Å². The monoisotopic (exact) mass is 149 g/mol. The fourth-order valence-corrected chi connectivity index (χ4v) is 1.28. The molecular formula is C9H8FN. The molecule has 0 amide bonds. The fourth-order valence-electron chi connectivity index (χ4n) is 1.28. The predicted molar refractivity (Wildman–Crippen MR) is 41.1 cm³/mol. The van der Waals surface area contributed by atoms with E-state index in [1.165, 1.54) is 6.07 Å². The lowest BCUT2D eigenvalue weighted by Crippen LogP contribution is -2.22. The quantitative estimate of drug-likeness (QED) is 0.513. The molecule has 56 valence electrons. The van der Waals surface area contributed by atoms with Crippen molar-refractivity contribution in [2.75, 3.05) is 6.54 Å². The van der Waals surface area contributed by atoms with Crippen LogP contribution in [-0.4, -0.2) is 6.54 Å². The molecular weight excluding hydrogens is 141 g/mol. The normalized spacial score (nSPS) is 14.5. The first-order valence-electron chi connectivity index (χ1n) is 3.57. The van der Waals surface area contributed by atoms with Gasteiger partial charge in [-0.05, 0) is 30.7 Å². The number of hydrogen-bond donors (Lipinski definition) is 0. The second kappa shape index (κ2) is 2.16. The minimum absolute atomic E-state index is 0.180. The molecule has 0 unspecified atom stereocenters. The minimum atomic E-state index is -0.180. The second-order valence-corrected chi connectivity index (χ2v) is 2.76. The average Bonchev–Trinajstić information content (AvgIpc) is 2.33. The SMILES string of the molecule is CC1=c2cc(F)ccc2=NC1. The Balaban J connectivity index is 2.91. The molecule has 0 bridgehead atoms. The van der Waals surface area contributed by atoms with Crippen LogP contribution in [0.15, 0.2) is 23.2 Å². The smallest absolute Gasteiger partial charge is 0.123 e. The van der Waals surface area contributed by atoms with Crippen LogP contribution in [0.1, 0.15) is 6.92 Å². The Bertz CT molecular complexity index is 406. The van der Waals surface area contributed by atoms with Crippen LogP contribution in [0, 0.1) is 5.82 Å². The van der Waals surface area contributed by atoms with Gasteiger partial charge in [0.2, 0.25) is 0 Å². The molecule has 0 spiro atoms. The van der Waals surface area contributed by atoms with E-state index in [2.05, 4.69) is 4.99 Å². The predicted octanol–water partition coefficient (Wildman–Crippen LogP) is 0.630. The number of rotatable bonds is 0. The summed E-state index contributed by atoms with van der Waals surface area (Å²) in [4.78, 5) is 4.22. The minimum Gasteiger partial charge on any atom is -0.280 e. The highest BCUT2D eigenvalue weighted by molar-refractivity contribution is 5.46. The summed E-state index contributed by atoms with van der Waals surface area (Å²) in [6.45, 7) is 2.70. The van der Waals surface area contributed by atoms with E-state index in [1.54, 1.807) is 12.1 Å². The van der Waals surface area contributed by atoms with Crippen LogP contribution in [0.2, 0.25) is 0 Å². The third-order valence-corrected chi connectivity index (χ3v) is 1.90. The largest absolute Gasteiger partial charge is 0.280 e. The lowest BCUT2D eigenvalue weighted by molar-refractivity contribution is 0.626. The molecule has 2 heteroatoms. The first-order chi connectivity index (χ1) is 5.27. The van der Waals surface area contributed by atoms with E-state index in [0.717, 1.165) is 22.7 Å². The van der Waals surface area contributed by atoms with Crippen molar-refractivity contribution in [3.05, 3.63) is 34.6 Å². The van der Waals surface area contributed by atoms with E-state index < -0.39 is 0 Å². The van der Waals surface area contributed by atoms with Gasteiger partial charge < -0.3 is 0 Å². The lowest BCUT2D eigenvalue weighted by atomic mass is 10.2. The van der Waals surface area contributed by atoms with Crippen molar-refractivity contribution in [2.24, 2.45) is 4.99 Å². The summed E-state index contributed by atoms with van der Waals surface area (Å²) in [6, 6.07) is 4.71. The molecule has 0 saturated carbocycles. The summed E-state index contributed by atoms with van der Waals surface area (Å²) in [6.07, 6.45) is 0. The van der Waals surface area contributed by atoms with Crippen LogP contribution < -0.4 is 10.6 Å². The molecule has 2 rings (SSSR count). The third kappa shape index (κ3) is 0.946. The van der Waals surface area contributed by atoms with Crippen molar-refractivity contribution < 1.29 is 4.39 Å². The third-order valence-electron chi connectivity index (χ3n) is 1.90. The van der Waals surface area contributed by atoms with Gasteiger partial charge in [-0.15, -0.1) is 0 Å². The van der Waals surface area contributed by atoms with Crippen LogP contribution in [0.3, 0.4) is 0 Å². The summed E-state index contributed by atoms with van der Waals surface area (Å²) >= 11 is 0. The topological polar surface area (TPSA) is 12.4 Å².